The van der Waals surface area contributed by atoms with Crippen molar-refractivity contribution < 1.29 is 13.2 Å². The molecule has 5 nitrogen and oxygen atoms in total. The highest BCUT2D eigenvalue weighted by Crippen LogP contribution is 2.41. The number of hydrogen-bond acceptors (Lipinski definition) is 3. The number of nitrogens with two attached hydrogens (primary N) is 1. The second kappa shape index (κ2) is 7.87. The number of primary sulfonamides is 1. The van der Waals surface area contributed by atoms with E-state index in [-0.39, 0.29) is 5.91 Å². The van der Waals surface area contributed by atoms with Crippen LogP contribution in [0.4, 0.5) is 0 Å². The third kappa shape index (κ3) is 4.41. The van der Waals surface area contributed by atoms with Gasteiger partial charge in [0.2, 0.25) is 15.9 Å². The first-order chi connectivity index (χ1) is 12.3. The van der Waals surface area contributed by atoms with Crippen molar-refractivity contribution in [2.45, 2.75) is 56.6 Å². The van der Waals surface area contributed by atoms with E-state index in [1.165, 1.54) is 0 Å². The first-order valence-electron chi connectivity index (χ1n) is 9.36. The number of rotatable bonds is 4. The summed E-state index contributed by atoms with van der Waals surface area (Å²) < 4.78 is 23.1. The van der Waals surface area contributed by atoms with Crippen LogP contribution in [0.3, 0.4) is 0 Å². The smallest absolute Gasteiger partial charge is 0.229 e. The molecule has 1 amide bonds. The SMILES string of the molecule is NS(=O)(=O)C1CCN(C(=O)C2(Cc3cccc(Cl)c3)CCCCC2)CC1. The number of nitrogens with zero attached hydrogens (tertiary/aromatic N) is 1. The maximum Gasteiger partial charge on any atom is 0.229 e. The van der Waals surface area contributed by atoms with Crippen molar-refractivity contribution in [1.29, 1.82) is 0 Å². The first-order valence-corrected chi connectivity index (χ1v) is 11.3. The molecule has 0 aromatic heterocycles. The molecule has 1 aromatic carbocycles. The second-order valence-electron chi connectivity index (χ2n) is 7.73. The van der Waals surface area contributed by atoms with E-state index >= 15 is 0 Å². The molecule has 1 aromatic rings. The zero-order valence-electron chi connectivity index (χ0n) is 15.0. The van der Waals surface area contributed by atoms with Crippen molar-refractivity contribution in [3.8, 4) is 0 Å². The van der Waals surface area contributed by atoms with Crippen LogP contribution in [0.5, 0.6) is 0 Å². The average molecular weight is 399 g/mol. The van der Waals surface area contributed by atoms with E-state index in [4.69, 9.17) is 16.7 Å². The molecule has 1 saturated carbocycles. The lowest BCUT2D eigenvalue weighted by Crippen LogP contribution is -2.51. The van der Waals surface area contributed by atoms with E-state index in [2.05, 4.69) is 0 Å². The molecule has 1 saturated heterocycles. The number of likely N-dealkylation sites (tertiary alicyclic amines) is 1. The molecule has 7 heteroatoms. The Labute approximate surface area is 160 Å². The molecule has 0 spiro atoms. The molecule has 2 aliphatic rings. The molecule has 1 heterocycles. The Morgan fingerprint density at radius 1 is 1.19 bits per heavy atom. The molecule has 2 fully saturated rings. The molecule has 0 radical (unpaired) electrons. The number of benzene rings is 1. The van der Waals surface area contributed by atoms with Gasteiger partial charge in [0.1, 0.15) is 0 Å². The topological polar surface area (TPSA) is 80.5 Å². The molecule has 144 valence electrons. The van der Waals surface area contributed by atoms with Crippen LogP contribution in [-0.2, 0) is 21.2 Å². The minimum atomic E-state index is -3.52. The lowest BCUT2D eigenvalue weighted by Gasteiger charge is -2.42. The molecule has 1 aliphatic heterocycles. The summed E-state index contributed by atoms with van der Waals surface area (Å²) in [6.45, 7) is 0.939. The lowest BCUT2D eigenvalue weighted by molar-refractivity contribution is -0.145. The lowest BCUT2D eigenvalue weighted by atomic mass is 9.69. The molecular formula is C19H27ClN2O3S. The molecular weight excluding hydrogens is 372 g/mol. The largest absolute Gasteiger partial charge is 0.342 e. The standard InChI is InChI=1S/C19H27ClN2O3S/c20-16-6-4-5-15(13-16)14-19(9-2-1-3-10-19)18(23)22-11-7-17(8-12-22)26(21,24)25/h4-6,13,17H,1-3,7-12,14H2,(H2,21,24,25). The van der Waals surface area contributed by atoms with E-state index in [1.54, 1.807) is 0 Å². The molecule has 26 heavy (non-hydrogen) atoms. The minimum absolute atomic E-state index is 0.171. The fourth-order valence-electron chi connectivity index (χ4n) is 4.46. The maximum absolute atomic E-state index is 13.4. The summed E-state index contributed by atoms with van der Waals surface area (Å²) in [6, 6.07) is 7.75. The van der Waals surface area contributed by atoms with Crippen molar-refractivity contribution in [3.05, 3.63) is 34.9 Å². The van der Waals surface area contributed by atoms with Gasteiger partial charge in [-0.25, -0.2) is 13.6 Å². The highest BCUT2D eigenvalue weighted by Gasteiger charge is 2.43. The number of halogens is 1. The number of piperidine rings is 1. The van der Waals surface area contributed by atoms with Crippen LogP contribution in [0, 0.1) is 5.41 Å². The zero-order chi connectivity index (χ0) is 18.8. The van der Waals surface area contributed by atoms with Crippen LogP contribution >= 0.6 is 11.6 Å². The van der Waals surface area contributed by atoms with Gasteiger partial charge in [0.15, 0.2) is 0 Å². The van der Waals surface area contributed by atoms with Crippen LogP contribution in [0.15, 0.2) is 24.3 Å². The first kappa shape index (κ1) is 19.6. The summed E-state index contributed by atoms with van der Waals surface area (Å²) in [5.74, 6) is 0.171. The number of sulfonamides is 1. The van der Waals surface area contributed by atoms with Crippen molar-refractivity contribution in [3.63, 3.8) is 0 Å². The highest BCUT2D eigenvalue weighted by atomic mass is 35.5. The van der Waals surface area contributed by atoms with Gasteiger partial charge in [-0.05, 0) is 49.8 Å². The van der Waals surface area contributed by atoms with Gasteiger partial charge in [-0.3, -0.25) is 4.79 Å². The van der Waals surface area contributed by atoms with Crippen molar-refractivity contribution >= 4 is 27.5 Å². The van der Waals surface area contributed by atoms with Gasteiger partial charge in [-0.1, -0.05) is 43.0 Å². The van der Waals surface area contributed by atoms with Crippen LogP contribution in [0.25, 0.3) is 0 Å². The summed E-state index contributed by atoms with van der Waals surface area (Å²) in [6.07, 6.45) is 6.59. The predicted molar refractivity (Wildman–Crippen MR) is 103 cm³/mol. The number of hydrogen-bond donors (Lipinski definition) is 1. The van der Waals surface area contributed by atoms with Gasteiger partial charge in [-0.2, -0.15) is 0 Å². The van der Waals surface area contributed by atoms with E-state index in [9.17, 15) is 13.2 Å². The van der Waals surface area contributed by atoms with Crippen LogP contribution in [0.2, 0.25) is 5.02 Å². The van der Waals surface area contributed by atoms with Crippen molar-refractivity contribution in [2.24, 2.45) is 10.6 Å². The van der Waals surface area contributed by atoms with Gasteiger partial charge in [0, 0.05) is 18.1 Å². The predicted octanol–water partition coefficient (Wildman–Crippen LogP) is 3.11. The van der Waals surface area contributed by atoms with Crippen molar-refractivity contribution in [2.75, 3.05) is 13.1 Å². The number of amides is 1. The van der Waals surface area contributed by atoms with E-state index < -0.39 is 20.7 Å². The van der Waals surface area contributed by atoms with E-state index in [1.807, 2.05) is 29.2 Å². The van der Waals surface area contributed by atoms with Gasteiger partial charge in [0.05, 0.1) is 10.7 Å². The Hall–Kier alpha value is -1.11. The molecule has 1 aliphatic carbocycles. The van der Waals surface area contributed by atoms with Gasteiger partial charge in [0.25, 0.3) is 0 Å². The normalized spacial score (nSPS) is 21.5. The third-order valence-corrected chi connectivity index (χ3v) is 7.53. The summed E-state index contributed by atoms with van der Waals surface area (Å²) in [7, 11) is -3.52. The Morgan fingerprint density at radius 2 is 1.85 bits per heavy atom. The fraction of sp³-hybridized carbons (Fsp3) is 0.632. The quantitative estimate of drug-likeness (QED) is 0.846. The van der Waals surface area contributed by atoms with Gasteiger partial charge in [-0.15, -0.1) is 0 Å². The van der Waals surface area contributed by atoms with Crippen LogP contribution < -0.4 is 5.14 Å². The molecule has 0 unspecified atom stereocenters. The number of carbonyl (C=O) groups is 1. The van der Waals surface area contributed by atoms with Gasteiger partial charge < -0.3 is 4.90 Å². The molecule has 0 atom stereocenters. The summed E-state index contributed by atoms with van der Waals surface area (Å²) in [5.41, 5.74) is 0.698. The van der Waals surface area contributed by atoms with Crippen LogP contribution in [-0.4, -0.2) is 37.6 Å². The van der Waals surface area contributed by atoms with E-state index in [0.717, 1.165) is 37.7 Å². The Kier molecular flexibility index (Phi) is 5.94. The molecule has 2 N–H and O–H groups in total. The number of carbonyl (C=O) groups excluding carboxylic acids is 1. The molecule has 3 rings (SSSR count). The van der Waals surface area contributed by atoms with E-state index in [0.29, 0.717) is 37.4 Å². The summed E-state index contributed by atoms with van der Waals surface area (Å²) in [5, 5.41) is 5.44. The Bertz CT molecular complexity index is 752. The Balaban J connectivity index is 1.76. The summed E-state index contributed by atoms with van der Waals surface area (Å²) in [4.78, 5) is 15.3. The zero-order valence-corrected chi connectivity index (χ0v) is 16.6. The fourth-order valence-corrected chi connectivity index (χ4v) is 5.54. The monoisotopic (exact) mass is 398 g/mol. The van der Waals surface area contributed by atoms with Gasteiger partial charge >= 0.3 is 0 Å². The summed E-state index contributed by atoms with van der Waals surface area (Å²) >= 11 is 6.13. The Morgan fingerprint density at radius 3 is 2.42 bits per heavy atom. The highest BCUT2D eigenvalue weighted by molar-refractivity contribution is 7.89. The van der Waals surface area contributed by atoms with Crippen molar-refractivity contribution in [1.82, 2.24) is 4.90 Å². The third-order valence-electron chi connectivity index (χ3n) is 5.89. The minimum Gasteiger partial charge on any atom is -0.342 e. The average Bonchev–Trinajstić information content (AvgIpc) is 2.61. The maximum atomic E-state index is 13.4. The van der Waals surface area contributed by atoms with Crippen LogP contribution in [0.1, 0.15) is 50.5 Å². The second-order valence-corrected chi connectivity index (χ2v) is 10.0. The molecule has 0 bridgehead atoms.